The first-order valence-electron chi connectivity index (χ1n) is 6.77. The van der Waals surface area contributed by atoms with Crippen molar-refractivity contribution in [2.75, 3.05) is 12.3 Å². The van der Waals surface area contributed by atoms with Crippen molar-refractivity contribution in [2.24, 2.45) is 0 Å². The second-order valence-electron chi connectivity index (χ2n) is 5.00. The van der Waals surface area contributed by atoms with Crippen LogP contribution in [0, 0.1) is 0 Å². The van der Waals surface area contributed by atoms with E-state index >= 15 is 0 Å². The number of benzene rings is 1. The van der Waals surface area contributed by atoms with Gasteiger partial charge < -0.3 is 10.4 Å². The molecule has 0 fully saturated rings. The Morgan fingerprint density at radius 3 is 2.89 bits per heavy atom. The average molecular weight is 283 g/mol. The van der Waals surface area contributed by atoms with E-state index in [1.54, 1.807) is 12.1 Å². The van der Waals surface area contributed by atoms with E-state index in [1.807, 2.05) is 19.1 Å². The molecule has 1 aliphatic heterocycles. The fourth-order valence-corrected chi connectivity index (χ4v) is 4.05. The molecule has 0 spiro atoms. The van der Waals surface area contributed by atoms with Crippen LogP contribution in [0.25, 0.3) is 0 Å². The van der Waals surface area contributed by atoms with E-state index in [2.05, 4.69) is 5.32 Å². The Labute approximate surface area is 114 Å². The van der Waals surface area contributed by atoms with Gasteiger partial charge in [0.2, 0.25) is 0 Å². The van der Waals surface area contributed by atoms with Gasteiger partial charge in [0.25, 0.3) is 0 Å². The molecule has 2 unspecified atom stereocenters. The van der Waals surface area contributed by atoms with Gasteiger partial charge in [0.15, 0.2) is 9.84 Å². The Bertz CT molecular complexity index is 527. The molecule has 0 bridgehead atoms. The number of hydrogen-bond acceptors (Lipinski definition) is 4. The monoisotopic (exact) mass is 283 g/mol. The van der Waals surface area contributed by atoms with Crippen LogP contribution >= 0.6 is 0 Å². The molecule has 1 aromatic carbocycles. The summed E-state index contributed by atoms with van der Waals surface area (Å²) in [6, 6.07) is 7.26. The highest BCUT2D eigenvalue weighted by atomic mass is 32.2. The fraction of sp³-hybridized carbons (Fsp3) is 0.571. The van der Waals surface area contributed by atoms with E-state index in [1.165, 1.54) is 0 Å². The van der Waals surface area contributed by atoms with Crippen LogP contribution in [0.2, 0.25) is 0 Å². The smallest absolute Gasteiger partial charge is 0.178 e. The van der Waals surface area contributed by atoms with Crippen LogP contribution in [0.5, 0.6) is 0 Å². The first kappa shape index (κ1) is 14.5. The molecule has 0 aliphatic carbocycles. The summed E-state index contributed by atoms with van der Waals surface area (Å²) >= 11 is 0. The third-order valence-electron chi connectivity index (χ3n) is 3.64. The van der Waals surface area contributed by atoms with Crippen LogP contribution in [0.15, 0.2) is 29.2 Å². The maximum absolute atomic E-state index is 12.0. The van der Waals surface area contributed by atoms with Crippen molar-refractivity contribution in [3.05, 3.63) is 29.8 Å². The Kier molecular flexibility index (Phi) is 4.60. The summed E-state index contributed by atoms with van der Waals surface area (Å²) < 4.78 is 24.0. The first-order chi connectivity index (χ1) is 9.04. The molecule has 2 atom stereocenters. The Balaban J connectivity index is 2.08. The van der Waals surface area contributed by atoms with Crippen LogP contribution in [-0.2, 0) is 9.84 Å². The summed E-state index contributed by atoms with van der Waals surface area (Å²) in [6.07, 6.45) is 1.76. The summed E-state index contributed by atoms with van der Waals surface area (Å²) in [7, 11) is -3.11. The summed E-state index contributed by atoms with van der Waals surface area (Å²) in [4.78, 5) is 0.454. The molecule has 0 saturated carbocycles. The standard InChI is InChI=1S/C14H21NO3S/c1-2-11(16)7-9-15-13-8-10-19(17,18)14-6-4-3-5-12(13)14/h3-6,11,13,15-16H,2,7-10H2,1H3. The third-order valence-corrected chi connectivity index (χ3v) is 5.46. The Hall–Kier alpha value is -0.910. The number of aliphatic hydroxyl groups is 1. The lowest BCUT2D eigenvalue weighted by Crippen LogP contribution is -2.31. The topological polar surface area (TPSA) is 66.4 Å². The van der Waals surface area contributed by atoms with Crippen molar-refractivity contribution in [1.29, 1.82) is 0 Å². The van der Waals surface area contributed by atoms with E-state index < -0.39 is 9.84 Å². The van der Waals surface area contributed by atoms with Crippen LogP contribution in [0.1, 0.15) is 37.8 Å². The highest BCUT2D eigenvalue weighted by Gasteiger charge is 2.29. The highest BCUT2D eigenvalue weighted by molar-refractivity contribution is 7.91. The summed E-state index contributed by atoms with van der Waals surface area (Å²) in [5, 5.41) is 12.9. The quantitative estimate of drug-likeness (QED) is 0.862. The fourth-order valence-electron chi connectivity index (χ4n) is 2.43. The highest BCUT2D eigenvalue weighted by Crippen LogP contribution is 2.31. The molecule has 0 aromatic heterocycles. The van der Waals surface area contributed by atoms with Gasteiger partial charge in [-0.15, -0.1) is 0 Å². The lowest BCUT2D eigenvalue weighted by Gasteiger charge is -2.26. The minimum Gasteiger partial charge on any atom is -0.393 e. The average Bonchev–Trinajstić information content (AvgIpc) is 2.41. The van der Waals surface area contributed by atoms with Crippen molar-refractivity contribution in [3.63, 3.8) is 0 Å². The minimum absolute atomic E-state index is 0.0729. The van der Waals surface area contributed by atoms with E-state index in [-0.39, 0.29) is 17.9 Å². The van der Waals surface area contributed by atoms with Gasteiger partial charge >= 0.3 is 0 Å². The number of sulfone groups is 1. The second kappa shape index (κ2) is 6.03. The lowest BCUT2D eigenvalue weighted by molar-refractivity contribution is 0.158. The zero-order valence-electron chi connectivity index (χ0n) is 11.2. The molecule has 2 N–H and O–H groups in total. The minimum atomic E-state index is -3.11. The molecule has 106 valence electrons. The second-order valence-corrected chi connectivity index (χ2v) is 7.08. The molecule has 5 heteroatoms. The summed E-state index contributed by atoms with van der Waals surface area (Å²) in [5.74, 6) is 0.192. The van der Waals surface area contributed by atoms with E-state index in [0.717, 1.165) is 12.0 Å². The zero-order chi connectivity index (χ0) is 13.9. The molecular weight excluding hydrogens is 262 g/mol. The van der Waals surface area contributed by atoms with Gasteiger partial charge in [-0.25, -0.2) is 8.42 Å². The largest absolute Gasteiger partial charge is 0.393 e. The maximum atomic E-state index is 12.0. The maximum Gasteiger partial charge on any atom is 0.178 e. The van der Waals surface area contributed by atoms with Crippen molar-refractivity contribution in [2.45, 2.75) is 43.2 Å². The van der Waals surface area contributed by atoms with Gasteiger partial charge in [-0.3, -0.25) is 0 Å². The van der Waals surface area contributed by atoms with Gasteiger partial charge in [0.1, 0.15) is 0 Å². The van der Waals surface area contributed by atoms with Gasteiger partial charge in [-0.2, -0.15) is 0 Å². The normalized spacial score (nSPS) is 22.7. The lowest BCUT2D eigenvalue weighted by atomic mass is 10.0. The molecule has 2 rings (SSSR count). The molecular formula is C14H21NO3S. The number of hydrogen-bond donors (Lipinski definition) is 2. The first-order valence-corrected chi connectivity index (χ1v) is 8.43. The number of aliphatic hydroxyl groups excluding tert-OH is 1. The van der Waals surface area contributed by atoms with Crippen LogP contribution in [0.3, 0.4) is 0 Å². The van der Waals surface area contributed by atoms with E-state index in [4.69, 9.17) is 0 Å². The SMILES string of the molecule is CCC(O)CCNC1CCS(=O)(=O)c2ccccc21. The predicted molar refractivity (Wildman–Crippen MR) is 74.8 cm³/mol. The molecule has 19 heavy (non-hydrogen) atoms. The van der Waals surface area contributed by atoms with Crippen LogP contribution in [-0.4, -0.2) is 31.9 Å². The van der Waals surface area contributed by atoms with Gasteiger partial charge in [-0.05, 0) is 37.4 Å². The number of nitrogens with one attached hydrogen (secondary N) is 1. The van der Waals surface area contributed by atoms with Gasteiger partial charge in [0, 0.05) is 6.04 Å². The Morgan fingerprint density at radius 1 is 1.42 bits per heavy atom. The predicted octanol–water partition coefficient (Wildman–Crippen LogP) is 1.66. The molecule has 1 heterocycles. The third kappa shape index (κ3) is 3.35. The van der Waals surface area contributed by atoms with E-state index in [0.29, 0.717) is 24.3 Å². The van der Waals surface area contributed by atoms with Gasteiger partial charge in [0.05, 0.1) is 16.8 Å². The number of rotatable bonds is 5. The molecule has 0 amide bonds. The molecule has 0 saturated heterocycles. The zero-order valence-corrected chi connectivity index (χ0v) is 12.0. The molecule has 0 radical (unpaired) electrons. The van der Waals surface area contributed by atoms with E-state index in [9.17, 15) is 13.5 Å². The van der Waals surface area contributed by atoms with Crippen molar-refractivity contribution >= 4 is 9.84 Å². The van der Waals surface area contributed by atoms with Crippen molar-refractivity contribution in [3.8, 4) is 0 Å². The summed E-state index contributed by atoms with van der Waals surface area (Å²) in [5.41, 5.74) is 0.861. The molecule has 1 aromatic rings. The van der Waals surface area contributed by atoms with Crippen LogP contribution < -0.4 is 5.32 Å². The summed E-state index contributed by atoms with van der Waals surface area (Å²) in [6.45, 7) is 2.65. The molecule has 1 aliphatic rings. The molecule has 4 nitrogen and oxygen atoms in total. The van der Waals surface area contributed by atoms with Gasteiger partial charge in [-0.1, -0.05) is 25.1 Å². The van der Waals surface area contributed by atoms with Crippen molar-refractivity contribution in [1.82, 2.24) is 5.32 Å². The number of fused-ring (bicyclic) bond motifs is 1. The van der Waals surface area contributed by atoms with Crippen LogP contribution in [0.4, 0.5) is 0 Å². The Morgan fingerprint density at radius 2 is 2.16 bits per heavy atom. The van der Waals surface area contributed by atoms with Crippen molar-refractivity contribution < 1.29 is 13.5 Å².